The van der Waals surface area contributed by atoms with E-state index < -0.39 is 11.5 Å². The first-order chi connectivity index (χ1) is 8.05. The molecule has 1 amide bonds. The molecule has 1 atom stereocenters. The second kappa shape index (κ2) is 4.20. The van der Waals surface area contributed by atoms with E-state index in [1.54, 1.807) is 31.2 Å². The van der Waals surface area contributed by atoms with Crippen LogP contribution in [0.5, 0.6) is 0 Å². The smallest absolute Gasteiger partial charge is 0.329 e. The summed E-state index contributed by atoms with van der Waals surface area (Å²) in [7, 11) is 0. The summed E-state index contributed by atoms with van der Waals surface area (Å²) in [6, 6.07) is 8.81. The molecule has 4 nitrogen and oxygen atoms in total. The van der Waals surface area contributed by atoms with Crippen LogP contribution >= 0.6 is 0 Å². The monoisotopic (exact) mass is 233 g/mol. The Kier molecular flexibility index (Phi) is 2.88. The summed E-state index contributed by atoms with van der Waals surface area (Å²) in [6.45, 7) is 2.12. The standard InChI is InChI=1S/C13H15NO3/c1-13(12(16)17)8-5-9-14(13)11(15)10-6-3-2-4-7-10/h2-4,6-7H,5,8-9H2,1H3,(H,16,17). The Morgan fingerprint density at radius 2 is 1.94 bits per heavy atom. The van der Waals surface area contributed by atoms with Crippen molar-refractivity contribution < 1.29 is 14.7 Å². The lowest BCUT2D eigenvalue weighted by Gasteiger charge is -2.31. The van der Waals surface area contributed by atoms with E-state index in [1.807, 2.05) is 6.07 Å². The average Bonchev–Trinajstić information content (AvgIpc) is 2.73. The fraction of sp³-hybridized carbons (Fsp3) is 0.385. The number of carboxylic acids is 1. The number of likely N-dealkylation sites (tertiary alicyclic amines) is 1. The molecule has 1 aromatic rings. The third-order valence-electron chi connectivity index (χ3n) is 3.37. The highest BCUT2D eigenvalue weighted by atomic mass is 16.4. The largest absolute Gasteiger partial charge is 0.480 e. The van der Waals surface area contributed by atoms with Crippen LogP contribution in [-0.2, 0) is 4.79 Å². The number of rotatable bonds is 2. The molecule has 0 aromatic heterocycles. The molecule has 4 heteroatoms. The molecule has 0 bridgehead atoms. The number of carbonyl (C=O) groups is 2. The predicted molar refractivity (Wildman–Crippen MR) is 62.8 cm³/mol. The summed E-state index contributed by atoms with van der Waals surface area (Å²) in [6.07, 6.45) is 1.25. The summed E-state index contributed by atoms with van der Waals surface area (Å²) < 4.78 is 0. The molecule has 2 rings (SSSR count). The van der Waals surface area contributed by atoms with Crippen molar-refractivity contribution in [2.45, 2.75) is 25.3 Å². The lowest BCUT2D eigenvalue weighted by Crippen LogP contribution is -2.50. The molecule has 0 spiro atoms. The van der Waals surface area contributed by atoms with Crippen LogP contribution < -0.4 is 0 Å². The first kappa shape index (κ1) is 11.6. The van der Waals surface area contributed by atoms with Gasteiger partial charge in [0.25, 0.3) is 5.91 Å². The van der Waals surface area contributed by atoms with E-state index in [1.165, 1.54) is 4.90 Å². The van der Waals surface area contributed by atoms with Crippen LogP contribution in [0, 0.1) is 0 Å². The molecule has 1 heterocycles. The minimum absolute atomic E-state index is 0.201. The Bertz CT molecular complexity index is 443. The minimum Gasteiger partial charge on any atom is -0.480 e. The van der Waals surface area contributed by atoms with Crippen molar-refractivity contribution in [2.75, 3.05) is 6.54 Å². The van der Waals surface area contributed by atoms with Gasteiger partial charge in [0, 0.05) is 12.1 Å². The molecule has 1 unspecified atom stereocenters. The maximum absolute atomic E-state index is 12.2. The summed E-state index contributed by atoms with van der Waals surface area (Å²) in [5, 5.41) is 9.24. The molecule has 1 saturated heterocycles. The predicted octanol–water partition coefficient (Wildman–Crippen LogP) is 1.77. The topological polar surface area (TPSA) is 57.6 Å². The van der Waals surface area contributed by atoms with E-state index in [-0.39, 0.29) is 5.91 Å². The first-order valence-corrected chi connectivity index (χ1v) is 5.66. The van der Waals surface area contributed by atoms with Gasteiger partial charge in [-0.05, 0) is 31.9 Å². The molecule has 1 fully saturated rings. The highest BCUT2D eigenvalue weighted by Gasteiger charge is 2.45. The zero-order valence-corrected chi connectivity index (χ0v) is 9.72. The first-order valence-electron chi connectivity index (χ1n) is 5.66. The third-order valence-corrected chi connectivity index (χ3v) is 3.37. The van der Waals surface area contributed by atoms with Gasteiger partial charge in [-0.25, -0.2) is 4.79 Å². The van der Waals surface area contributed by atoms with Gasteiger partial charge >= 0.3 is 5.97 Å². The van der Waals surface area contributed by atoms with Crippen LogP contribution in [0.1, 0.15) is 30.1 Å². The molecular formula is C13H15NO3. The maximum Gasteiger partial charge on any atom is 0.329 e. The van der Waals surface area contributed by atoms with Gasteiger partial charge in [-0.3, -0.25) is 4.79 Å². The van der Waals surface area contributed by atoms with Gasteiger partial charge < -0.3 is 10.0 Å². The molecular weight excluding hydrogens is 218 g/mol. The van der Waals surface area contributed by atoms with Gasteiger partial charge in [-0.15, -0.1) is 0 Å². The van der Waals surface area contributed by atoms with Gasteiger partial charge in [-0.2, -0.15) is 0 Å². The average molecular weight is 233 g/mol. The Balaban J connectivity index is 2.29. The van der Waals surface area contributed by atoms with E-state index >= 15 is 0 Å². The summed E-state index contributed by atoms with van der Waals surface area (Å²) >= 11 is 0. The van der Waals surface area contributed by atoms with Gasteiger partial charge in [0.15, 0.2) is 0 Å². The Morgan fingerprint density at radius 1 is 1.29 bits per heavy atom. The second-order valence-corrected chi connectivity index (χ2v) is 4.51. The zero-order valence-electron chi connectivity index (χ0n) is 9.72. The zero-order chi connectivity index (χ0) is 12.5. The molecule has 1 aliphatic heterocycles. The highest BCUT2D eigenvalue weighted by Crippen LogP contribution is 2.30. The van der Waals surface area contributed by atoms with Crippen LogP contribution in [0.2, 0.25) is 0 Å². The van der Waals surface area contributed by atoms with Gasteiger partial charge in [-0.1, -0.05) is 18.2 Å². The number of benzene rings is 1. The molecule has 1 N–H and O–H groups in total. The van der Waals surface area contributed by atoms with E-state index in [2.05, 4.69) is 0 Å². The Hall–Kier alpha value is -1.84. The summed E-state index contributed by atoms with van der Waals surface area (Å²) in [4.78, 5) is 25.0. The second-order valence-electron chi connectivity index (χ2n) is 4.51. The minimum atomic E-state index is -1.06. The van der Waals surface area contributed by atoms with Crippen molar-refractivity contribution in [3.63, 3.8) is 0 Å². The van der Waals surface area contributed by atoms with Crippen molar-refractivity contribution in [3.05, 3.63) is 35.9 Å². The molecule has 1 aliphatic rings. The van der Waals surface area contributed by atoms with Crippen molar-refractivity contribution in [1.29, 1.82) is 0 Å². The number of carbonyl (C=O) groups excluding carboxylic acids is 1. The Morgan fingerprint density at radius 3 is 2.53 bits per heavy atom. The van der Waals surface area contributed by atoms with Crippen LogP contribution in [0.4, 0.5) is 0 Å². The SMILES string of the molecule is CC1(C(=O)O)CCCN1C(=O)c1ccccc1. The van der Waals surface area contributed by atoms with Crippen molar-refractivity contribution in [2.24, 2.45) is 0 Å². The highest BCUT2D eigenvalue weighted by molar-refractivity contribution is 5.98. The van der Waals surface area contributed by atoms with E-state index in [9.17, 15) is 14.7 Å². The number of nitrogens with zero attached hydrogens (tertiary/aromatic N) is 1. The normalized spacial score (nSPS) is 23.7. The lowest BCUT2D eigenvalue weighted by atomic mass is 9.98. The molecule has 0 saturated carbocycles. The van der Waals surface area contributed by atoms with Crippen molar-refractivity contribution in [1.82, 2.24) is 4.90 Å². The van der Waals surface area contributed by atoms with E-state index in [0.717, 1.165) is 6.42 Å². The fourth-order valence-corrected chi connectivity index (χ4v) is 2.25. The fourth-order valence-electron chi connectivity index (χ4n) is 2.25. The molecule has 90 valence electrons. The quantitative estimate of drug-likeness (QED) is 0.846. The van der Waals surface area contributed by atoms with E-state index in [4.69, 9.17) is 0 Å². The van der Waals surface area contributed by atoms with Crippen molar-refractivity contribution >= 4 is 11.9 Å². The number of aliphatic carboxylic acids is 1. The molecule has 1 aromatic carbocycles. The van der Waals surface area contributed by atoms with Crippen molar-refractivity contribution in [3.8, 4) is 0 Å². The number of hydrogen-bond donors (Lipinski definition) is 1. The third kappa shape index (κ3) is 1.90. The number of amides is 1. The van der Waals surface area contributed by atoms with Crippen LogP contribution in [0.25, 0.3) is 0 Å². The van der Waals surface area contributed by atoms with Crippen LogP contribution in [0.15, 0.2) is 30.3 Å². The van der Waals surface area contributed by atoms with Crippen LogP contribution in [-0.4, -0.2) is 34.0 Å². The molecule has 17 heavy (non-hydrogen) atoms. The van der Waals surface area contributed by atoms with Crippen LogP contribution in [0.3, 0.4) is 0 Å². The summed E-state index contributed by atoms with van der Waals surface area (Å²) in [5.74, 6) is -1.13. The Labute approximate surface area is 99.9 Å². The lowest BCUT2D eigenvalue weighted by molar-refractivity contribution is -0.147. The maximum atomic E-state index is 12.2. The summed E-state index contributed by atoms with van der Waals surface area (Å²) in [5.41, 5.74) is -0.519. The molecule has 0 aliphatic carbocycles. The molecule has 0 radical (unpaired) electrons. The van der Waals surface area contributed by atoms with Gasteiger partial charge in [0.1, 0.15) is 5.54 Å². The number of carboxylic acid groups (broad SMARTS) is 1. The van der Waals surface area contributed by atoms with Gasteiger partial charge in [0.05, 0.1) is 0 Å². The van der Waals surface area contributed by atoms with Gasteiger partial charge in [0.2, 0.25) is 0 Å². The number of hydrogen-bond acceptors (Lipinski definition) is 2. The van der Waals surface area contributed by atoms with E-state index in [0.29, 0.717) is 18.5 Å².